The fourth-order valence-corrected chi connectivity index (χ4v) is 3.12. The van der Waals surface area contributed by atoms with Crippen LogP contribution in [0.3, 0.4) is 0 Å². The van der Waals surface area contributed by atoms with Gasteiger partial charge in [-0.15, -0.1) is 11.6 Å². The first-order valence-corrected chi connectivity index (χ1v) is 7.12. The lowest BCUT2D eigenvalue weighted by molar-refractivity contribution is 0.306. The van der Waals surface area contributed by atoms with Crippen LogP contribution in [0.5, 0.6) is 0 Å². The molecule has 1 aromatic carbocycles. The molecule has 1 saturated carbocycles. The third kappa shape index (κ3) is 1.74. The van der Waals surface area contributed by atoms with Crippen molar-refractivity contribution in [2.75, 3.05) is 0 Å². The molecule has 0 saturated heterocycles. The van der Waals surface area contributed by atoms with Crippen molar-refractivity contribution < 1.29 is 0 Å². The molecule has 1 aliphatic rings. The first-order chi connectivity index (χ1) is 8.54. The van der Waals surface area contributed by atoms with E-state index in [0.717, 1.165) is 17.3 Å². The Morgan fingerprint density at radius 1 is 1.39 bits per heavy atom. The van der Waals surface area contributed by atoms with Crippen molar-refractivity contribution in [1.29, 1.82) is 0 Å². The Labute approximate surface area is 113 Å². The van der Waals surface area contributed by atoms with Gasteiger partial charge in [-0.1, -0.05) is 6.07 Å². The highest BCUT2D eigenvalue weighted by Gasteiger charge is 2.40. The van der Waals surface area contributed by atoms with Crippen LogP contribution in [0.1, 0.15) is 38.1 Å². The molecule has 0 spiro atoms. The molecular weight excluding hydrogens is 244 g/mol. The van der Waals surface area contributed by atoms with Gasteiger partial charge in [0, 0.05) is 5.54 Å². The summed E-state index contributed by atoms with van der Waals surface area (Å²) in [6, 6.07) is 6.44. The molecule has 0 radical (unpaired) electrons. The highest BCUT2D eigenvalue weighted by molar-refractivity contribution is 6.16. The smallest absolute Gasteiger partial charge is 0.125 e. The SMILES string of the molecule is Cc1ccc2nc(CCl)n(C(C)(C)C3CC3)c2c1. The van der Waals surface area contributed by atoms with Gasteiger partial charge in [0.1, 0.15) is 5.82 Å². The lowest BCUT2D eigenvalue weighted by Gasteiger charge is -2.29. The summed E-state index contributed by atoms with van der Waals surface area (Å²) < 4.78 is 2.36. The average Bonchev–Trinajstić information content (AvgIpc) is 3.10. The Hall–Kier alpha value is -1.02. The molecule has 0 bridgehead atoms. The van der Waals surface area contributed by atoms with E-state index in [2.05, 4.69) is 48.5 Å². The van der Waals surface area contributed by atoms with Gasteiger partial charge in [-0.05, 0) is 57.2 Å². The lowest BCUT2D eigenvalue weighted by atomic mass is 9.97. The predicted molar refractivity (Wildman–Crippen MR) is 76.1 cm³/mol. The van der Waals surface area contributed by atoms with Gasteiger partial charge in [-0.3, -0.25) is 0 Å². The number of rotatable bonds is 3. The van der Waals surface area contributed by atoms with Crippen LogP contribution in [0.4, 0.5) is 0 Å². The Morgan fingerprint density at radius 2 is 2.11 bits per heavy atom. The number of fused-ring (bicyclic) bond motifs is 1. The van der Waals surface area contributed by atoms with Crippen molar-refractivity contribution in [3.8, 4) is 0 Å². The van der Waals surface area contributed by atoms with E-state index in [0.29, 0.717) is 5.88 Å². The zero-order chi connectivity index (χ0) is 12.9. The maximum absolute atomic E-state index is 6.09. The van der Waals surface area contributed by atoms with E-state index >= 15 is 0 Å². The van der Waals surface area contributed by atoms with E-state index in [9.17, 15) is 0 Å². The molecule has 2 aromatic rings. The maximum Gasteiger partial charge on any atom is 0.125 e. The van der Waals surface area contributed by atoms with Crippen LogP contribution in [-0.4, -0.2) is 9.55 Å². The molecule has 2 nitrogen and oxygen atoms in total. The van der Waals surface area contributed by atoms with Gasteiger partial charge < -0.3 is 4.57 Å². The lowest BCUT2D eigenvalue weighted by Crippen LogP contribution is -2.30. The Bertz CT molecular complexity index is 594. The summed E-state index contributed by atoms with van der Waals surface area (Å²) >= 11 is 6.09. The quantitative estimate of drug-likeness (QED) is 0.757. The van der Waals surface area contributed by atoms with Crippen molar-refractivity contribution in [1.82, 2.24) is 9.55 Å². The van der Waals surface area contributed by atoms with Gasteiger partial charge in [-0.25, -0.2) is 4.98 Å². The number of hydrogen-bond donors (Lipinski definition) is 0. The van der Waals surface area contributed by atoms with Crippen LogP contribution in [-0.2, 0) is 11.4 Å². The van der Waals surface area contributed by atoms with Crippen LogP contribution < -0.4 is 0 Å². The molecule has 0 aliphatic heterocycles. The molecule has 1 aromatic heterocycles. The minimum absolute atomic E-state index is 0.118. The largest absolute Gasteiger partial charge is 0.321 e. The summed E-state index contributed by atoms with van der Waals surface area (Å²) in [5.41, 5.74) is 3.68. The minimum Gasteiger partial charge on any atom is -0.321 e. The standard InChI is InChI=1S/C15H19ClN2/c1-10-4-7-12-13(8-10)18(14(9-16)17-12)15(2,3)11-5-6-11/h4,7-8,11H,5-6,9H2,1-3H3. The van der Waals surface area contributed by atoms with Crippen molar-refractivity contribution in [3.63, 3.8) is 0 Å². The number of halogens is 1. The number of hydrogen-bond acceptors (Lipinski definition) is 1. The van der Waals surface area contributed by atoms with Gasteiger partial charge in [0.15, 0.2) is 0 Å². The van der Waals surface area contributed by atoms with Crippen LogP contribution in [0.25, 0.3) is 11.0 Å². The summed E-state index contributed by atoms with van der Waals surface area (Å²) in [5.74, 6) is 2.23. The van der Waals surface area contributed by atoms with Gasteiger partial charge in [-0.2, -0.15) is 0 Å². The summed E-state index contributed by atoms with van der Waals surface area (Å²) in [5, 5.41) is 0. The first kappa shape index (κ1) is 12.0. The number of aryl methyl sites for hydroxylation is 1. The Kier molecular flexibility index (Phi) is 2.67. The van der Waals surface area contributed by atoms with E-state index in [1.165, 1.54) is 23.9 Å². The number of alkyl halides is 1. The van der Waals surface area contributed by atoms with Crippen LogP contribution in [0, 0.1) is 12.8 Å². The fourth-order valence-electron chi connectivity index (χ4n) is 2.94. The molecule has 0 amide bonds. The van der Waals surface area contributed by atoms with E-state index in [1.54, 1.807) is 0 Å². The van der Waals surface area contributed by atoms with E-state index in [4.69, 9.17) is 11.6 Å². The second-order valence-electron chi connectivity index (χ2n) is 5.92. The van der Waals surface area contributed by atoms with E-state index in [1.807, 2.05) is 0 Å². The number of benzene rings is 1. The highest BCUT2D eigenvalue weighted by atomic mass is 35.5. The normalized spacial score (nSPS) is 16.4. The molecule has 1 fully saturated rings. The summed E-state index contributed by atoms with van der Waals surface area (Å²) in [6.45, 7) is 6.75. The molecule has 1 heterocycles. The van der Waals surface area contributed by atoms with Crippen molar-refractivity contribution in [2.24, 2.45) is 5.92 Å². The highest BCUT2D eigenvalue weighted by Crippen LogP contribution is 2.45. The molecular formula is C15H19ClN2. The number of imidazole rings is 1. The second-order valence-corrected chi connectivity index (χ2v) is 6.18. The van der Waals surface area contributed by atoms with Crippen LogP contribution in [0.2, 0.25) is 0 Å². The topological polar surface area (TPSA) is 17.8 Å². The van der Waals surface area contributed by atoms with Gasteiger partial charge in [0.2, 0.25) is 0 Å². The average molecular weight is 263 g/mol. The summed E-state index contributed by atoms with van der Waals surface area (Å²) in [6.07, 6.45) is 2.64. The molecule has 0 atom stereocenters. The summed E-state index contributed by atoms with van der Waals surface area (Å²) in [7, 11) is 0. The van der Waals surface area contributed by atoms with Crippen molar-refractivity contribution in [2.45, 2.75) is 45.0 Å². The monoisotopic (exact) mass is 262 g/mol. The van der Waals surface area contributed by atoms with Gasteiger partial charge >= 0.3 is 0 Å². The second kappa shape index (κ2) is 3.99. The number of aromatic nitrogens is 2. The van der Waals surface area contributed by atoms with Gasteiger partial charge in [0.25, 0.3) is 0 Å². The van der Waals surface area contributed by atoms with Gasteiger partial charge in [0.05, 0.1) is 16.9 Å². The van der Waals surface area contributed by atoms with E-state index in [-0.39, 0.29) is 5.54 Å². The third-order valence-electron chi connectivity index (χ3n) is 4.15. The minimum atomic E-state index is 0.118. The molecule has 0 N–H and O–H groups in total. The zero-order valence-corrected chi connectivity index (χ0v) is 12.0. The fraction of sp³-hybridized carbons (Fsp3) is 0.533. The Balaban J connectivity index is 2.27. The zero-order valence-electron chi connectivity index (χ0n) is 11.2. The Morgan fingerprint density at radius 3 is 2.72 bits per heavy atom. The predicted octanol–water partition coefficient (Wildman–Crippen LogP) is 4.23. The first-order valence-electron chi connectivity index (χ1n) is 6.58. The molecule has 0 unspecified atom stereocenters. The van der Waals surface area contributed by atoms with Crippen LogP contribution in [0.15, 0.2) is 18.2 Å². The molecule has 3 heteroatoms. The van der Waals surface area contributed by atoms with Crippen LogP contribution >= 0.6 is 11.6 Å². The molecule has 96 valence electrons. The third-order valence-corrected chi connectivity index (χ3v) is 4.39. The van der Waals surface area contributed by atoms with Crippen molar-refractivity contribution >= 4 is 22.6 Å². The van der Waals surface area contributed by atoms with Crippen molar-refractivity contribution in [3.05, 3.63) is 29.6 Å². The molecule has 18 heavy (non-hydrogen) atoms. The maximum atomic E-state index is 6.09. The molecule has 3 rings (SSSR count). The van der Waals surface area contributed by atoms with E-state index < -0.39 is 0 Å². The summed E-state index contributed by atoms with van der Waals surface area (Å²) in [4.78, 5) is 4.68. The number of nitrogens with zero attached hydrogens (tertiary/aromatic N) is 2. The molecule has 1 aliphatic carbocycles.